The Labute approximate surface area is 144 Å². The molecule has 1 heterocycles. The minimum atomic E-state index is -1.01. The number of aromatic hydroxyl groups is 1. The number of phenols is 1. The Balaban J connectivity index is 1.62. The number of nitrogens with one attached hydrogen (secondary N) is 1. The average Bonchev–Trinajstić information content (AvgIpc) is 3.04. The zero-order chi connectivity index (χ0) is 18.0. The summed E-state index contributed by atoms with van der Waals surface area (Å²) in [6.45, 7) is 3.32. The van der Waals surface area contributed by atoms with Crippen LogP contribution in [0.15, 0.2) is 36.4 Å². The number of phenolic OH excluding ortho intramolecular Hbond substituents is 1. The van der Waals surface area contributed by atoms with Crippen LogP contribution in [0.1, 0.15) is 22.8 Å². The molecule has 0 bridgehead atoms. The molecular weight excluding hydrogens is 326 g/mol. The summed E-state index contributed by atoms with van der Waals surface area (Å²) >= 11 is 0. The maximum atomic E-state index is 12.2. The van der Waals surface area contributed by atoms with Gasteiger partial charge in [0.15, 0.2) is 17.6 Å². The summed E-state index contributed by atoms with van der Waals surface area (Å²) in [7, 11) is 0. The van der Waals surface area contributed by atoms with Crippen molar-refractivity contribution in [2.45, 2.75) is 20.0 Å². The second kappa shape index (κ2) is 6.72. The van der Waals surface area contributed by atoms with Crippen LogP contribution in [0.2, 0.25) is 0 Å². The largest absolute Gasteiger partial charge is 0.508 e. The number of aryl methyl sites for hydroxylation is 1. The first-order chi connectivity index (χ1) is 11.9. The van der Waals surface area contributed by atoms with E-state index in [1.54, 1.807) is 31.2 Å². The van der Waals surface area contributed by atoms with E-state index in [2.05, 4.69) is 5.32 Å². The van der Waals surface area contributed by atoms with Crippen LogP contribution in [-0.2, 0) is 9.53 Å². The fourth-order valence-electron chi connectivity index (χ4n) is 2.24. The van der Waals surface area contributed by atoms with Gasteiger partial charge >= 0.3 is 5.97 Å². The van der Waals surface area contributed by atoms with E-state index in [-0.39, 0.29) is 18.1 Å². The van der Waals surface area contributed by atoms with Gasteiger partial charge in [-0.2, -0.15) is 0 Å². The summed E-state index contributed by atoms with van der Waals surface area (Å²) in [6.07, 6.45) is -1.01. The van der Waals surface area contributed by atoms with Gasteiger partial charge in [-0.3, -0.25) is 4.79 Å². The van der Waals surface area contributed by atoms with Crippen LogP contribution in [0.3, 0.4) is 0 Å². The zero-order valence-electron chi connectivity index (χ0n) is 13.7. The number of anilines is 1. The molecule has 7 heteroatoms. The SMILES string of the molecule is Cc1ccc(C(=O)OC(C)C(=O)Nc2ccc3c(c2)OCO3)cc1O. The Bertz CT molecular complexity index is 832. The van der Waals surface area contributed by atoms with Crippen LogP contribution >= 0.6 is 0 Å². The summed E-state index contributed by atoms with van der Waals surface area (Å²) in [5.41, 5.74) is 1.32. The lowest BCUT2D eigenvalue weighted by atomic mass is 10.1. The molecule has 2 aromatic carbocycles. The number of esters is 1. The standard InChI is InChI=1S/C18H17NO6/c1-10-3-4-12(7-14(10)20)18(22)25-11(2)17(21)19-13-5-6-15-16(8-13)24-9-23-15/h3-8,11,20H,9H2,1-2H3,(H,19,21). The highest BCUT2D eigenvalue weighted by Crippen LogP contribution is 2.34. The third-order valence-electron chi connectivity index (χ3n) is 3.74. The molecule has 2 N–H and O–H groups in total. The van der Waals surface area contributed by atoms with Crippen molar-refractivity contribution >= 4 is 17.6 Å². The molecule has 130 valence electrons. The summed E-state index contributed by atoms with van der Waals surface area (Å²) in [5, 5.41) is 12.3. The van der Waals surface area contributed by atoms with E-state index < -0.39 is 18.0 Å². The quantitative estimate of drug-likeness (QED) is 0.829. The number of rotatable bonds is 4. The molecule has 1 aliphatic heterocycles. The topological polar surface area (TPSA) is 94.1 Å². The molecule has 25 heavy (non-hydrogen) atoms. The monoisotopic (exact) mass is 343 g/mol. The molecule has 2 aromatic rings. The fraction of sp³-hybridized carbons (Fsp3) is 0.222. The number of ether oxygens (including phenoxy) is 3. The number of hydrogen-bond donors (Lipinski definition) is 2. The Kier molecular flexibility index (Phi) is 4.47. The van der Waals surface area contributed by atoms with Crippen LogP contribution < -0.4 is 14.8 Å². The first-order valence-corrected chi connectivity index (χ1v) is 7.65. The number of hydrogen-bond acceptors (Lipinski definition) is 6. The van der Waals surface area contributed by atoms with Crippen molar-refractivity contribution in [3.05, 3.63) is 47.5 Å². The minimum absolute atomic E-state index is 0.00749. The third kappa shape index (κ3) is 3.65. The van der Waals surface area contributed by atoms with Gasteiger partial charge in [0, 0.05) is 11.8 Å². The summed E-state index contributed by atoms with van der Waals surface area (Å²) in [4.78, 5) is 24.3. The van der Waals surface area contributed by atoms with Crippen molar-refractivity contribution in [2.24, 2.45) is 0 Å². The van der Waals surface area contributed by atoms with Gasteiger partial charge < -0.3 is 24.6 Å². The molecule has 0 spiro atoms. The average molecular weight is 343 g/mol. The van der Waals surface area contributed by atoms with Crippen molar-refractivity contribution in [2.75, 3.05) is 12.1 Å². The number of carbonyl (C=O) groups excluding carboxylic acids is 2. The van der Waals surface area contributed by atoms with Crippen LogP contribution in [0, 0.1) is 6.92 Å². The molecule has 0 aromatic heterocycles. The normalized spacial score (nSPS) is 13.2. The van der Waals surface area contributed by atoms with Crippen molar-refractivity contribution in [1.82, 2.24) is 0 Å². The number of amides is 1. The van der Waals surface area contributed by atoms with Crippen molar-refractivity contribution in [3.8, 4) is 17.2 Å². The van der Waals surface area contributed by atoms with Gasteiger partial charge in [0.1, 0.15) is 5.75 Å². The van der Waals surface area contributed by atoms with Gasteiger partial charge in [-0.15, -0.1) is 0 Å². The van der Waals surface area contributed by atoms with Crippen molar-refractivity contribution < 1.29 is 28.9 Å². The van der Waals surface area contributed by atoms with E-state index in [0.29, 0.717) is 22.7 Å². The first-order valence-electron chi connectivity index (χ1n) is 7.65. The lowest BCUT2D eigenvalue weighted by Gasteiger charge is -2.14. The minimum Gasteiger partial charge on any atom is -0.508 e. The number of benzene rings is 2. The molecule has 0 saturated carbocycles. The highest BCUT2D eigenvalue weighted by Gasteiger charge is 2.21. The molecule has 7 nitrogen and oxygen atoms in total. The highest BCUT2D eigenvalue weighted by atomic mass is 16.7. The second-order valence-electron chi connectivity index (χ2n) is 5.61. The predicted octanol–water partition coefficient (Wildman–Crippen LogP) is 2.61. The summed E-state index contributed by atoms with van der Waals surface area (Å²) in [5.74, 6) is -0.0340. The van der Waals surface area contributed by atoms with Gasteiger partial charge in [0.2, 0.25) is 6.79 Å². The van der Waals surface area contributed by atoms with E-state index in [4.69, 9.17) is 14.2 Å². The smallest absolute Gasteiger partial charge is 0.339 e. The lowest BCUT2D eigenvalue weighted by Crippen LogP contribution is -2.30. The van der Waals surface area contributed by atoms with E-state index in [1.165, 1.54) is 19.1 Å². The Morgan fingerprint density at radius 2 is 1.92 bits per heavy atom. The third-order valence-corrected chi connectivity index (χ3v) is 3.74. The maximum Gasteiger partial charge on any atom is 0.339 e. The van der Waals surface area contributed by atoms with Crippen LogP contribution in [0.5, 0.6) is 17.2 Å². The van der Waals surface area contributed by atoms with E-state index in [9.17, 15) is 14.7 Å². The molecule has 0 saturated heterocycles. The highest BCUT2D eigenvalue weighted by molar-refractivity contribution is 5.97. The lowest BCUT2D eigenvalue weighted by molar-refractivity contribution is -0.123. The molecule has 0 fully saturated rings. The van der Waals surface area contributed by atoms with Crippen molar-refractivity contribution in [1.29, 1.82) is 0 Å². The van der Waals surface area contributed by atoms with Gasteiger partial charge in [-0.25, -0.2) is 4.79 Å². The van der Waals surface area contributed by atoms with Gasteiger partial charge in [0.25, 0.3) is 5.91 Å². The Hall–Kier alpha value is -3.22. The zero-order valence-corrected chi connectivity index (χ0v) is 13.7. The van der Waals surface area contributed by atoms with Crippen LogP contribution in [0.4, 0.5) is 5.69 Å². The van der Waals surface area contributed by atoms with Gasteiger partial charge in [-0.05, 0) is 43.7 Å². The van der Waals surface area contributed by atoms with E-state index in [1.807, 2.05) is 0 Å². The van der Waals surface area contributed by atoms with Crippen molar-refractivity contribution in [3.63, 3.8) is 0 Å². The van der Waals surface area contributed by atoms with Crippen LogP contribution in [0.25, 0.3) is 0 Å². The number of fused-ring (bicyclic) bond motifs is 1. The Morgan fingerprint density at radius 1 is 1.16 bits per heavy atom. The van der Waals surface area contributed by atoms with E-state index in [0.717, 1.165) is 0 Å². The maximum absolute atomic E-state index is 12.2. The predicted molar refractivity (Wildman–Crippen MR) is 88.9 cm³/mol. The molecule has 3 rings (SSSR count). The summed E-state index contributed by atoms with van der Waals surface area (Å²) < 4.78 is 15.6. The molecule has 0 radical (unpaired) electrons. The second-order valence-corrected chi connectivity index (χ2v) is 5.61. The molecule has 0 aliphatic carbocycles. The molecule has 1 aliphatic rings. The Morgan fingerprint density at radius 3 is 2.68 bits per heavy atom. The van der Waals surface area contributed by atoms with Gasteiger partial charge in [-0.1, -0.05) is 6.07 Å². The van der Waals surface area contributed by atoms with E-state index >= 15 is 0 Å². The molecular formula is C18H17NO6. The first kappa shape index (κ1) is 16.6. The fourth-order valence-corrected chi connectivity index (χ4v) is 2.24. The molecule has 1 atom stereocenters. The molecule has 1 amide bonds. The molecule has 1 unspecified atom stereocenters. The van der Waals surface area contributed by atoms with Gasteiger partial charge in [0.05, 0.1) is 5.56 Å². The van der Waals surface area contributed by atoms with Crippen LogP contribution in [-0.4, -0.2) is 29.9 Å². The number of carbonyl (C=O) groups is 2. The summed E-state index contributed by atoms with van der Waals surface area (Å²) in [6, 6.07) is 9.41.